The van der Waals surface area contributed by atoms with Gasteiger partial charge in [-0.3, -0.25) is 9.69 Å². The number of hydrogen-bond donors (Lipinski definition) is 0. The van der Waals surface area contributed by atoms with Crippen molar-refractivity contribution in [1.82, 2.24) is 4.90 Å². The van der Waals surface area contributed by atoms with Gasteiger partial charge in [-0.1, -0.05) is 30.3 Å². The van der Waals surface area contributed by atoms with Crippen LogP contribution in [0.2, 0.25) is 0 Å². The van der Waals surface area contributed by atoms with Crippen LogP contribution in [0.5, 0.6) is 0 Å². The largest absolute Gasteiger partial charge is 0.469 e. The molecular weight excluding hydrogens is 226 g/mol. The SMILES string of the molecule is COC(=O)[C@H]1CCCN(C(C)c2ccccc2)C1. The standard InChI is InChI=1S/C15H21NO2/c1-12(13-7-4-3-5-8-13)16-10-6-9-14(11-16)15(17)18-2/h3-5,7-8,12,14H,6,9-11H2,1-2H3/t12?,14-/m0/s1. The smallest absolute Gasteiger partial charge is 0.309 e. The molecule has 2 rings (SSSR count). The van der Waals surface area contributed by atoms with Crippen LogP contribution < -0.4 is 0 Å². The molecule has 3 nitrogen and oxygen atoms in total. The lowest BCUT2D eigenvalue weighted by Gasteiger charge is -2.35. The lowest BCUT2D eigenvalue weighted by molar-refractivity contribution is -0.147. The van der Waals surface area contributed by atoms with Gasteiger partial charge in [-0.25, -0.2) is 0 Å². The molecule has 1 heterocycles. The van der Waals surface area contributed by atoms with E-state index >= 15 is 0 Å². The average molecular weight is 247 g/mol. The van der Waals surface area contributed by atoms with Gasteiger partial charge in [-0.2, -0.15) is 0 Å². The van der Waals surface area contributed by atoms with Crippen LogP contribution in [0, 0.1) is 5.92 Å². The second kappa shape index (κ2) is 6.01. The van der Waals surface area contributed by atoms with Crippen LogP contribution in [0.15, 0.2) is 30.3 Å². The number of rotatable bonds is 3. The Morgan fingerprint density at radius 2 is 2.11 bits per heavy atom. The Morgan fingerprint density at radius 1 is 1.39 bits per heavy atom. The van der Waals surface area contributed by atoms with Crippen molar-refractivity contribution in [3.63, 3.8) is 0 Å². The Hall–Kier alpha value is -1.35. The Labute approximate surface area is 109 Å². The summed E-state index contributed by atoms with van der Waals surface area (Å²) in [6.45, 7) is 4.07. The third-order valence-corrected chi connectivity index (χ3v) is 3.82. The van der Waals surface area contributed by atoms with Crippen LogP contribution in [0.4, 0.5) is 0 Å². The van der Waals surface area contributed by atoms with Crippen LogP contribution in [0.25, 0.3) is 0 Å². The van der Waals surface area contributed by atoms with E-state index in [0.29, 0.717) is 6.04 Å². The number of esters is 1. The fourth-order valence-corrected chi connectivity index (χ4v) is 2.66. The number of benzene rings is 1. The molecule has 0 radical (unpaired) electrons. The van der Waals surface area contributed by atoms with Crippen LogP contribution in [0.1, 0.15) is 31.4 Å². The molecule has 1 fully saturated rings. The van der Waals surface area contributed by atoms with Crippen molar-refractivity contribution >= 4 is 5.97 Å². The predicted molar refractivity (Wildman–Crippen MR) is 71.2 cm³/mol. The number of carbonyl (C=O) groups is 1. The Balaban J connectivity index is 2.03. The summed E-state index contributed by atoms with van der Waals surface area (Å²) in [5, 5.41) is 0. The van der Waals surface area contributed by atoms with Gasteiger partial charge in [0.1, 0.15) is 0 Å². The summed E-state index contributed by atoms with van der Waals surface area (Å²) < 4.78 is 4.86. The van der Waals surface area contributed by atoms with Crippen LogP contribution in [-0.4, -0.2) is 31.1 Å². The minimum atomic E-state index is -0.0695. The fraction of sp³-hybridized carbons (Fsp3) is 0.533. The summed E-state index contributed by atoms with van der Waals surface area (Å²) in [6.07, 6.45) is 2.02. The number of ether oxygens (including phenoxy) is 1. The highest BCUT2D eigenvalue weighted by Gasteiger charge is 2.29. The monoisotopic (exact) mass is 247 g/mol. The minimum absolute atomic E-state index is 0.0370. The van der Waals surface area contributed by atoms with Crippen molar-refractivity contribution in [2.45, 2.75) is 25.8 Å². The summed E-state index contributed by atoms with van der Waals surface area (Å²) in [6, 6.07) is 10.8. The number of carbonyl (C=O) groups excluding carboxylic acids is 1. The second-order valence-corrected chi connectivity index (χ2v) is 4.94. The summed E-state index contributed by atoms with van der Waals surface area (Å²) >= 11 is 0. The lowest BCUT2D eigenvalue weighted by Crippen LogP contribution is -2.40. The molecule has 0 N–H and O–H groups in total. The topological polar surface area (TPSA) is 29.5 Å². The highest BCUT2D eigenvalue weighted by molar-refractivity contribution is 5.72. The third-order valence-electron chi connectivity index (χ3n) is 3.82. The number of methoxy groups -OCH3 is 1. The van der Waals surface area contributed by atoms with Crippen molar-refractivity contribution in [1.29, 1.82) is 0 Å². The molecule has 98 valence electrons. The number of hydrogen-bond acceptors (Lipinski definition) is 3. The van der Waals surface area contributed by atoms with Gasteiger partial charge in [0.25, 0.3) is 0 Å². The van der Waals surface area contributed by atoms with Crippen LogP contribution >= 0.6 is 0 Å². The first-order valence-electron chi connectivity index (χ1n) is 6.59. The highest BCUT2D eigenvalue weighted by atomic mass is 16.5. The lowest BCUT2D eigenvalue weighted by atomic mass is 9.95. The average Bonchev–Trinajstić information content (AvgIpc) is 2.46. The zero-order valence-electron chi connectivity index (χ0n) is 11.1. The van der Waals surface area contributed by atoms with Gasteiger partial charge < -0.3 is 4.74 Å². The number of piperidine rings is 1. The summed E-state index contributed by atoms with van der Waals surface area (Å²) in [5.74, 6) is -0.0325. The van der Waals surface area contributed by atoms with Gasteiger partial charge in [-0.15, -0.1) is 0 Å². The molecule has 2 atom stereocenters. The molecule has 0 aromatic heterocycles. The normalized spacial score (nSPS) is 22.4. The second-order valence-electron chi connectivity index (χ2n) is 4.94. The molecule has 0 aliphatic carbocycles. The molecule has 1 unspecified atom stereocenters. The van der Waals surface area contributed by atoms with Crippen molar-refractivity contribution in [3.05, 3.63) is 35.9 Å². The van der Waals surface area contributed by atoms with E-state index in [1.54, 1.807) is 0 Å². The van der Waals surface area contributed by atoms with Crippen LogP contribution in [-0.2, 0) is 9.53 Å². The van der Waals surface area contributed by atoms with Gasteiger partial charge in [0.2, 0.25) is 0 Å². The molecule has 1 aliphatic heterocycles. The number of nitrogens with zero attached hydrogens (tertiary/aromatic N) is 1. The summed E-state index contributed by atoms with van der Waals surface area (Å²) in [5.41, 5.74) is 1.31. The van der Waals surface area contributed by atoms with E-state index in [2.05, 4.69) is 36.1 Å². The van der Waals surface area contributed by atoms with Gasteiger partial charge in [0.05, 0.1) is 13.0 Å². The quantitative estimate of drug-likeness (QED) is 0.769. The van der Waals surface area contributed by atoms with Gasteiger partial charge >= 0.3 is 5.97 Å². The molecule has 1 aromatic rings. The van der Waals surface area contributed by atoms with E-state index in [1.807, 2.05) is 6.07 Å². The Morgan fingerprint density at radius 3 is 2.78 bits per heavy atom. The molecule has 1 aliphatic rings. The first-order valence-corrected chi connectivity index (χ1v) is 6.59. The van der Waals surface area contributed by atoms with Gasteiger partial charge in [0.15, 0.2) is 0 Å². The van der Waals surface area contributed by atoms with Crippen molar-refractivity contribution < 1.29 is 9.53 Å². The van der Waals surface area contributed by atoms with Crippen LogP contribution in [0.3, 0.4) is 0 Å². The molecule has 0 saturated carbocycles. The molecule has 0 amide bonds. The first kappa shape index (κ1) is 13.1. The molecule has 0 spiro atoms. The zero-order valence-corrected chi connectivity index (χ0v) is 11.1. The maximum absolute atomic E-state index is 11.6. The first-order chi connectivity index (χ1) is 8.72. The summed E-state index contributed by atoms with van der Waals surface area (Å²) in [7, 11) is 1.47. The van der Waals surface area contributed by atoms with E-state index in [1.165, 1.54) is 12.7 Å². The molecule has 1 aromatic carbocycles. The Bertz CT molecular complexity index is 391. The van der Waals surface area contributed by atoms with E-state index in [9.17, 15) is 4.79 Å². The van der Waals surface area contributed by atoms with Crippen molar-refractivity contribution in [3.8, 4) is 0 Å². The van der Waals surface area contributed by atoms with E-state index in [-0.39, 0.29) is 11.9 Å². The highest BCUT2D eigenvalue weighted by Crippen LogP contribution is 2.26. The summed E-state index contributed by atoms with van der Waals surface area (Å²) in [4.78, 5) is 14.0. The van der Waals surface area contributed by atoms with E-state index in [0.717, 1.165) is 25.9 Å². The number of likely N-dealkylation sites (tertiary alicyclic amines) is 1. The molecule has 1 saturated heterocycles. The van der Waals surface area contributed by atoms with Crippen molar-refractivity contribution in [2.24, 2.45) is 5.92 Å². The van der Waals surface area contributed by atoms with Gasteiger partial charge in [0, 0.05) is 12.6 Å². The predicted octanol–water partition coefficient (Wildman–Crippen LogP) is 2.63. The minimum Gasteiger partial charge on any atom is -0.469 e. The van der Waals surface area contributed by atoms with Crippen molar-refractivity contribution in [2.75, 3.05) is 20.2 Å². The zero-order chi connectivity index (χ0) is 13.0. The van der Waals surface area contributed by atoms with Gasteiger partial charge in [-0.05, 0) is 31.9 Å². The maximum Gasteiger partial charge on any atom is 0.309 e. The maximum atomic E-state index is 11.6. The fourth-order valence-electron chi connectivity index (χ4n) is 2.66. The molecule has 18 heavy (non-hydrogen) atoms. The molecule has 0 bridgehead atoms. The van der Waals surface area contributed by atoms with E-state index in [4.69, 9.17) is 4.74 Å². The molecular formula is C15H21NO2. The molecule has 3 heteroatoms. The van der Waals surface area contributed by atoms with E-state index < -0.39 is 0 Å². The Kier molecular flexibility index (Phi) is 4.37. The third kappa shape index (κ3) is 2.91.